The van der Waals surface area contributed by atoms with E-state index < -0.39 is 17.1 Å². The summed E-state index contributed by atoms with van der Waals surface area (Å²) in [5.74, 6) is 0.247. The van der Waals surface area contributed by atoms with Gasteiger partial charge in [-0.1, -0.05) is 24.3 Å². The lowest BCUT2D eigenvalue weighted by Gasteiger charge is -2.12. The molecule has 1 aromatic carbocycles. The first-order chi connectivity index (χ1) is 12.5. The number of benzene rings is 1. The van der Waals surface area contributed by atoms with Crippen LogP contribution in [0.4, 0.5) is 10.2 Å². The fraction of sp³-hybridized carbons (Fsp3) is 0.211. The Balaban J connectivity index is 1.67. The van der Waals surface area contributed by atoms with Crippen molar-refractivity contribution in [1.82, 2.24) is 4.98 Å². The summed E-state index contributed by atoms with van der Waals surface area (Å²) in [5.41, 5.74) is 5.29. The molecule has 1 aromatic heterocycles. The van der Waals surface area contributed by atoms with E-state index >= 15 is 0 Å². The van der Waals surface area contributed by atoms with Crippen LogP contribution in [0.15, 0.2) is 59.7 Å². The molecule has 26 heavy (non-hydrogen) atoms. The summed E-state index contributed by atoms with van der Waals surface area (Å²) in [7, 11) is 1.53. The highest BCUT2D eigenvalue weighted by atomic mass is 19.1. The number of hydrogen-bond acceptors (Lipinski definition) is 4. The van der Waals surface area contributed by atoms with Crippen molar-refractivity contribution in [2.24, 2.45) is 10.7 Å². The van der Waals surface area contributed by atoms with Crippen molar-refractivity contribution < 1.29 is 13.9 Å². The number of carbonyl (C=O) groups is 1. The van der Waals surface area contributed by atoms with Crippen LogP contribution < -0.4 is 15.8 Å². The van der Waals surface area contributed by atoms with Crippen LogP contribution in [0.2, 0.25) is 0 Å². The molecule has 0 bridgehead atoms. The number of aliphatic imine (C=N–C) groups is 1. The molecule has 1 amide bonds. The number of nitrogens with one attached hydrogen (secondary N) is 1. The molecule has 2 aromatic rings. The third-order valence-corrected chi connectivity index (χ3v) is 4.20. The Morgan fingerprint density at radius 3 is 2.77 bits per heavy atom. The van der Waals surface area contributed by atoms with Gasteiger partial charge in [-0.2, -0.15) is 9.98 Å². The van der Waals surface area contributed by atoms with E-state index in [1.54, 1.807) is 36.4 Å². The van der Waals surface area contributed by atoms with Crippen LogP contribution in [0.1, 0.15) is 18.4 Å². The van der Waals surface area contributed by atoms with Crippen LogP contribution in [0.3, 0.4) is 0 Å². The molecule has 1 fully saturated rings. The van der Waals surface area contributed by atoms with Crippen molar-refractivity contribution in [2.75, 3.05) is 12.4 Å². The maximum absolute atomic E-state index is 14.0. The average Bonchev–Trinajstić information content (AvgIpc) is 3.44. The van der Waals surface area contributed by atoms with Crippen molar-refractivity contribution in [3.05, 3.63) is 66.1 Å². The number of halogens is 1. The molecule has 0 saturated heterocycles. The minimum absolute atomic E-state index is 0.0352. The molecule has 7 heteroatoms. The van der Waals surface area contributed by atoms with Gasteiger partial charge in [0.15, 0.2) is 0 Å². The Labute approximate surface area is 150 Å². The number of ether oxygens (including phenoxy) is 1. The van der Waals surface area contributed by atoms with E-state index in [0.29, 0.717) is 30.1 Å². The molecule has 0 aliphatic heterocycles. The van der Waals surface area contributed by atoms with Crippen LogP contribution in [-0.4, -0.2) is 23.8 Å². The number of pyridine rings is 1. The van der Waals surface area contributed by atoms with Gasteiger partial charge >= 0.3 is 0 Å². The summed E-state index contributed by atoms with van der Waals surface area (Å²) in [4.78, 5) is 20.6. The summed E-state index contributed by atoms with van der Waals surface area (Å²) < 4.78 is 19.0. The highest BCUT2D eigenvalue weighted by Gasteiger charge is 2.52. The molecule has 1 heterocycles. The number of hydrogen-bond donors (Lipinski definition) is 2. The highest BCUT2D eigenvalue weighted by molar-refractivity contribution is 6.04. The molecule has 0 radical (unpaired) electrons. The Morgan fingerprint density at radius 1 is 1.31 bits per heavy atom. The quantitative estimate of drug-likeness (QED) is 0.615. The molecule has 0 unspecified atom stereocenters. The normalized spacial score (nSPS) is 15.7. The van der Waals surface area contributed by atoms with Crippen LogP contribution in [0.25, 0.3) is 0 Å². The van der Waals surface area contributed by atoms with Gasteiger partial charge in [0.05, 0.1) is 12.5 Å². The molecule has 1 aliphatic rings. The summed E-state index contributed by atoms with van der Waals surface area (Å²) >= 11 is 0. The number of amides is 1. The number of methoxy groups -OCH3 is 1. The topological polar surface area (TPSA) is 89.6 Å². The standard InChI is InChI=1S/C19H19FN4O2/c1-26-17-8-4-7-16(24-17)22-12-9-15(21)23-18(25)19(10-11-19)13-5-2-3-6-14(13)20/h2-9,12H,10-11H2,1H3,(H,22,24)(H2,21,23,25)/b12-9-. The second-order valence-electron chi connectivity index (χ2n) is 5.95. The monoisotopic (exact) mass is 354 g/mol. The predicted octanol–water partition coefficient (Wildman–Crippen LogP) is 2.77. The molecule has 1 saturated carbocycles. The number of carbonyl (C=O) groups excluding carboxylic acids is 1. The zero-order valence-corrected chi connectivity index (χ0v) is 14.3. The largest absolute Gasteiger partial charge is 0.481 e. The van der Waals surface area contributed by atoms with Gasteiger partial charge in [-0.3, -0.25) is 4.79 Å². The van der Waals surface area contributed by atoms with Crippen LogP contribution >= 0.6 is 0 Å². The van der Waals surface area contributed by atoms with Gasteiger partial charge in [-0.15, -0.1) is 0 Å². The highest BCUT2D eigenvalue weighted by Crippen LogP contribution is 2.50. The second-order valence-corrected chi connectivity index (χ2v) is 5.95. The lowest BCUT2D eigenvalue weighted by atomic mass is 9.94. The van der Waals surface area contributed by atoms with E-state index in [0.717, 1.165) is 0 Å². The number of anilines is 1. The molecule has 6 nitrogen and oxygen atoms in total. The van der Waals surface area contributed by atoms with Gasteiger partial charge in [0.2, 0.25) is 5.88 Å². The maximum atomic E-state index is 14.0. The predicted molar refractivity (Wildman–Crippen MR) is 97.5 cm³/mol. The summed E-state index contributed by atoms with van der Waals surface area (Å²) in [6.07, 6.45) is 4.12. The Hall–Kier alpha value is -3.22. The zero-order valence-electron chi connectivity index (χ0n) is 14.3. The van der Waals surface area contributed by atoms with Gasteiger partial charge in [-0.25, -0.2) is 4.39 Å². The molecule has 1 aliphatic carbocycles. The fourth-order valence-corrected chi connectivity index (χ4v) is 2.66. The van der Waals surface area contributed by atoms with Gasteiger partial charge in [-0.05, 0) is 31.1 Å². The molecule has 0 spiro atoms. The lowest BCUT2D eigenvalue weighted by molar-refractivity contribution is -0.120. The molecule has 3 N–H and O–H groups in total. The molecule has 134 valence electrons. The number of amidine groups is 1. The number of aromatic nitrogens is 1. The first-order valence-corrected chi connectivity index (χ1v) is 8.13. The molecular weight excluding hydrogens is 335 g/mol. The first-order valence-electron chi connectivity index (χ1n) is 8.13. The Kier molecular flexibility index (Phi) is 4.97. The maximum Gasteiger partial charge on any atom is 0.258 e. The van der Waals surface area contributed by atoms with E-state index in [1.165, 1.54) is 25.5 Å². The SMILES string of the molecule is COc1cccc(N/C=C\C(N)=NC(=O)C2(c3ccccc3F)CC2)n1. The van der Waals surface area contributed by atoms with E-state index in [2.05, 4.69) is 15.3 Å². The third kappa shape index (κ3) is 3.72. The van der Waals surface area contributed by atoms with Crippen molar-refractivity contribution in [3.8, 4) is 5.88 Å². The second kappa shape index (κ2) is 7.35. The Morgan fingerprint density at radius 2 is 2.08 bits per heavy atom. The third-order valence-electron chi connectivity index (χ3n) is 4.20. The van der Waals surface area contributed by atoms with Gasteiger partial charge in [0.25, 0.3) is 5.91 Å². The minimum atomic E-state index is -0.883. The van der Waals surface area contributed by atoms with E-state index in [-0.39, 0.29) is 5.84 Å². The van der Waals surface area contributed by atoms with E-state index in [1.807, 2.05) is 0 Å². The number of nitrogens with zero attached hydrogens (tertiary/aromatic N) is 2. The van der Waals surface area contributed by atoms with E-state index in [4.69, 9.17) is 10.5 Å². The van der Waals surface area contributed by atoms with Crippen molar-refractivity contribution in [3.63, 3.8) is 0 Å². The van der Waals surface area contributed by atoms with Gasteiger partial charge < -0.3 is 15.8 Å². The molecule has 3 rings (SSSR count). The Bertz CT molecular complexity index is 875. The van der Waals surface area contributed by atoms with E-state index in [9.17, 15) is 9.18 Å². The smallest absolute Gasteiger partial charge is 0.258 e. The van der Waals surface area contributed by atoms with Crippen molar-refractivity contribution >= 4 is 17.6 Å². The number of rotatable bonds is 6. The van der Waals surface area contributed by atoms with Gasteiger partial charge in [0, 0.05) is 17.8 Å². The van der Waals surface area contributed by atoms with Crippen LogP contribution in [0.5, 0.6) is 5.88 Å². The minimum Gasteiger partial charge on any atom is -0.481 e. The summed E-state index contributed by atoms with van der Waals surface area (Å²) in [5, 5.41) is 2.91. The summed E-state index contributed by atoms with van der Waals surface area (Å²) in [6.45, 7) is 0. The molecule has 0 atom stereocenters. The zero-order chi connectivity index (χ0) is 18.6. The van der Waals surface area contributed by atoms with Crippen LogP contribution in [-0.2, 0) is 10.2 Å². The molecular formula is C19H19FN4O2. The van der Waals surface area contributed by atoms with Crippen molar-refractivity contribution in [1.29, 1.82) is 0 Å². The number of nitrogens with two attached hydrogens (primary N) is 1. The van der Waals surface area contributed by atoms with Crippen LogP contribution in [0, 0.1) is 5.82 Å². The fourth-order valence-electron chi connectivity index (χ4n) is 2.66. The van der Waals surface area contributed by atoms with Crippen molar-refractivity contribution in [2.45, 2.75) is 18.3 Å². The summed E-state index contributed by atoms with van der Waals surface area (Å²) in [6, 6.07) is 11.5. The van der Waals surface area contributed by atoms with Gasteiger partial charge in [0.1, 0.15) is 17.5 Å². The average molecular weight is 354 g/mol. The first kappa shape index (κ1) is 17.6. The lowest BCUT2D eigenvalue weighted by Crippen LogP contribution is -2.23.